The van der Waals surface area contributed by atoms with E-state index in [0.29, 0.717) is 23.1 Å². The fourth-order valence-corrected chi connectivity index (χ4v) is 3.00. The lowest BCUT2D eigenvalue weighted by atomic mass is 10.2. The standard InChI is InChI=1S/C17H15N5O3S/c23-16(18-9-12-2-3-13-14(8-12)25-11-24-13)10-26-17-5-4-15(20-21-17)22-7-1-6-19-22/h1-8H,9-11H2,(H,18,23). The van der Waals surface area contributed by atoms with E-state index in [1.54, 1.807) is 17.1 Å². The van der Waals surface area contributed by atoms with Gasteiger partial charge in [0, 0.05) is 18.9 Å². The first-order valence-corrected chi connectivity index (χ1v) is 8.88. The topological polar surface area (TPSA) is 91.2 Å². The number of benzene rings is 1. The molecular weight excluding hydrogens is 354 g/mol. The van der Waals surface area contributed by atoms with E-state index in [-0.39, 0.29) is 18.5 Å². The number of amides is 1. The van der Waals surface area contributed by atoms with Crippen molar-refractivity contribution in [2.24, 2.45) is 0 Å². The van der Waals surface area contributed by atoms with Crippen molar-refractivity contribution in [3.05, 3.63) is 54.4 Å². The van der Waals surface area contributed by atoms with Gasteiger partial charge in [-0.2, -0.15) is 5.10 Å². The number of nitrogens with one attached hydrogen (secondary N) is 1. The van der Waals surface area contributed by atoms with Crippen LogP contribution < -0.4 is 14.8 Å². The van der Waals surface area contributed by atoms with Crippen LogP contribution in [0.2, 0.25) is 0 Å². The zero-order valence-electron chi connectivity index (χ0n) is 13.7. The van der Waals surface area contributed by atoms with Crippen LogP contribution in [0.4, 0.5) is 0 Å². The van der Waals surface area contributed by atoms with Crippen LogP contribution in [0.1, 0.15) is 5.56 Å². The summed E-state index contributed by atoms with van der Waals surface area (Å²) in [4.78, 5) is 12.0. The molecule has 3 aromatic rings. The number of ether oxygens (including phenoxy) is 2. The van der Waals surface area contributed by atoms with Crippen molar-refractivity contribution in [1.29, 1.82) is 0 Å². The first kappa shape index (κ1) is 16.4. The molecule has 0 unspecified atom stereocenters. The Bertz CT molecular complexity index is 899. The van der Waals surface area contributed by atoms with E-state index in [1.807, 2.05) is 36.4 Å². The van der Waals surface area contributed by atoms with Gasteiger partial charge < -0.3 is 14.8 Å². The molecule has 2 aromatic heterocycles. The maximum atomic E-state index is 12.0. The van der Waals surface area contributed by atoms with Gasteiger partial charge in [0.1, 0.15) is 5.03 Å². The number of fused-ring (bicyclic) bond motifs is 1. The molecule has 1 aromatic carbocycles. The Morgan fingerprint density at radius 2 is 2.12 bits per heavy atom. The van der Waals surface area contributed by atoms with Crippen LogP contribution in [0.5, 0.6) is 11.5 Å². The second-order valence-corrected chi connectivity index (χ2v) is 6.43. The summed E-state index contributed by atoms with van der Waals surface area (Å²) >= 11 is 1.33. The van der Waals surface area contributed by atoms with Gasteiger partial charge in [-0.05, 0) is 35.9 Å². The Morgan fingerprint density at radius 1 is 1.19 bits per heavy atom. The molecule has 9 heteroatoms. The minimum atomic E-state index is -0.0781. The van der Waals surface area contributed by atoms with Gasteiger partial charge >= 0.3 is 0 Å². The van der Waals surface area contributed by atoms with Gasteiger partial charge in [0.05, 0.1) is 5.75 Å². The minimum absolute atomic E-state index is 0.0781. The molecule has 0 fully saturated rings. The predicted octanol–water partition coefficient (Wildman–Crippen LogP) is 1.80. The van der Waals surface area contributed by atoms with Crippen LogP contribution in [0, 0.1) is 0 Å². The molecule has 0 spiro atoms. The average Bonchev–Trinajstić information content (AvgIpc) is 3.36. The zero-order valence-corrected chi connectivity index (χ0v) is 14.5. The third-order valence-electron chi connectivity index (χ3n) is 3.64. The first-order chi connectivity index (χ1) is 12.8. The molecular formula is C17H15N5O3S. The normalized spacial score (nSPS) is 12.2. The Kier molecular flexibility index (Phi) is 4.69. The number of hydrogen-bond acceptors (Lipinski definition) is 7. The summed E-state index contributed by atoms with van der Waals surface area (Å²) in [6.07, 6.45) is 3.47. The lowest BCUT2D eigenvalue weighted by molar-refractivity contribution is -0.118. The van der Waals surface area contributed by atoms with Crippen molar-refractivity contribution in [1.82, 2.24) is 25.3 Å². The van der Waals surface area contributed by atoms with Crippen LogP contribution in [0.15, 0.2) is 53.8 Å². The molecule has 0 radical (unpaired) electrons. The second-order valence-electron chi connectivity index (χ2n) is 5.43. The largest absolute Gasteiger partial charge is 0.454 e. The summed E-state index contributed by atoms with van der Waals surface area (Å²) in [7, 11) is 0. The highest BCUT2D eigenvalue weighted by Crippen LogP contribution is 2.32. The van der Waals surface area contributed by atoms with E-state index < -0.39 is 0 Å². The molecule has 0 bridgehead atoms. The van der Waals surface area contributed by atoms with Crippen LogP contribution in [0.3, 0.4) is 0 Å². The van der Waals surface area contributed by atoms with E-state index in [0.717, 1.165) is 11.3 Å². The minimum Gasteiger partial charge on any atom is -0.454 e. The predicted molar refractivity (Wildman–Crippen MR) is 94.3 cm³/mol. The molecule has 1 aliphatic rings. The molecule has 132 valence electrons. The quantitative estimate of drug-likeness (QED) is 0.663. The van der Waals surface area contributed by atoms with Crippen molar-refractivity contribution < 1.29 is 14.3 Å². The van der Waals surface area contributed by atoms with E-state index in [2.05, 4.69) is 20.6 Å². The van der Waals surface area contributed by atoms with E-state index in [4.69, 9.17) is 9.47 Å². The molecule has 0 atom stereocenters. The van der Waals surface area contributed by atoms with Crippen LogP contribution in [-0.4, -0.2) is 38.4 Å². The van der Waals surface area contributed by atoms with Gasteiger partial charge in [-0.1, -0.05) is 17.8 Å². The molecule has 0 saturated heterocycles. The van der Waals surface area contributed by atoms with Crippen molar-refractivity contribution in [3.8, 4) is 17.3 Å². The second kappa shape index (κ2) is 7.44. The van der Waals surface area contributed by atoms with Gasteiger partial charge in [-0.3, -0.25) is 4.79 Å². The van der Waals surface area contributed by atoms with E-state index >= 15 is 0 Å². The highest BCUT2D eigenvalue weighted by atomic mass is 32.2. The monoisotopic (exact) mass is 369 g/mol. The first-order valence-electron chi connectivity index (χ1n) is 7.90. The SMILES string of the molecule is O=C(CSc1ccc(-n2cccn2)nn1)NCc1ccc2c(c1)OCO2. The molecule has 26 heavy (non-hydrogen) atoms. The number of nitrogens with zero attached hydrogens (tertiary/aromatic N) is 4. The summed E-state index contributed by atoms with van der Waals surface area (Å²) in [5, 5.41) is 15.9. The lowest BCUT2D eigenvalue weighted by Gasteiger charge is -2.06. The molecule has 0 saturated carbocycles. The van der Waals surface area contributed by atoms with Crippen LogP contribution in [0.25, 0.3) is 5.82 Å². The van der Waals surface area contributed by atoms with Crippen molar-refractivity contribution in [2.45, 2.75) is 11.6 Å². The molecule has 1 aliphatic heterocycles. The molecule has 1 amide bonds. The number of thioether (sulfide) groups is 1. The highest BCUT2D eigenvalue weighted by molar-refractivity contribution is 7.99. The third kappa shape index (κ3) is 3.77. The summed E-state index contributed by atoms with van der Waals surface area (Å²) in [6, 6.07) is 11.1. The van der Waals surface area contributed by atoms with Crippen LogP contribution in [-0.2, 0) is 11.3 Å². The zero-order chi connectivity index (χ0) is 17.8. The van der Waals surface area contributed by atoms with Gasteiger partial charge in [-0.25, -0.2) is 4.68 Å². The number of aromatic nitrogens is 4. The summed E-state index contributed by atoms with van der Waals surface area (Å²) < 4.78 is 12.2. The Morgan fingerprint density at radius 3 is 2.92 bits per heavy atom. The fraction of sp³-hybridized carbons (Fsp3) is 0.176. The maximum absolute atomic E-state index is 12.0. The number of rotatable bonds is 6. The number of carbonyl (C=O) groups excluding carboxylic acids is 1. The van der Waals surface area contributed by atoms with Gasteiger partial charge in [0.15, 0.2) is 17.3 Å². The number of carbonyl (C=O) groups is 1. The average molecular weight is 369 g/mol. The van der Waals surface area contributed by atoms with Crippen molar-refractivity contribution in [2.75, 3.05) is 12.5 Å². The lowest BCUT2D eigenvalue weighted by Crippen LogP contribution is -2.24. The summed E-state index contributed by atoms with van der Waals surface area (Å²) in [5.41, 5.74) is 0.955. The Balaban J connectivity index is 1.26. The van der Waals surface area contributed by atoms with E-state index in [1.165, 1.54) is 11.8 Å². The van der Waals surface area contributed by atoms with E-state index in [9.17, 15) is 4.79 Å². The van der Waals surface area contributed by atoms with Gasteiger partial charge in [0.25, 0.3) is 0 Å². The highest BCUT2D eigenvalue weighted by Gasteiger charge is 2.13. The molecule has 3 heterocycles. The van der Waals surface area contributed by atoms with Crippen molar-refractivity contribution in [3.63, 3.8) is 0 Å². The molecule has 4 rings (SSSR count). The molecule has 8 nitrogen and oxygen atoms in total. The van der Waals surface area contributed by atoms with Gasteiger partial charge in [-0.15, -0.1) is 10.2 Å². The third-order valence-corrected chi connectivity index (χ3v) is 4.56. The van der Waals surface area contributed by atoms with Crippen LogP contribution >= 0.6 is 11.8 Å². The Hall–Kier alpha value is -3.07. The van der Waals surface area contributed by atoms with Crippen molar-refractivity contribution >= 4 is 17.7 Å². The van der Waals surface area contributed by atoms with Gasteiger partial charge in [0.2, 0.25) is 12.7 Å². The molecule has 0 aliphatic carbocycles. The molecule has 1 N–H and O–H groups in total. The fourth-order valence-electron chi connectivity index (χ4n) is 2.36. The number of hydrogen-bond donors (Lipinski definition) is 1. The summed E-state index contributed by atoms with van der Waals surface area (Å²) in [6.45, 7) is 0.669. The smallest absolute Gasteiger partial charge is 0.231 e. The maximum Gasteiger partial charge on any atom is 0.231 e. The Labute approximate surface area is 153 Å². The summed E-state index contributed by atoms with van der Waals surface area (Å²) in [5.74, 6) is 2.25.